The minimum atomic E-state index is -0.0626. The fourth-order valence-corrected chi connectivity index (χ4v) is 3.07. The Balaban J connectivity index is 1.81. The van der Waals surface area contributed by atoms with Crippen LogP contribution in [0, 0.1) is 5.92 Å². The van der Waals surface area contributed by atoms with E-state index in [-0.39, 0.29) is 17.5 Å². The van der Waals surface area contributed by atoms with Crippen LogP contribution in [0.15, 0.2) is 0 Å². The molecule has 18 heavy (non-hydrogen) atoms. The Kier molecular flexibility index (Phi) is 4.28. The summed E-state index contributed by atoms with van der Waals surface area (Å²) in [4.78, 5) is 13.9. The van der Waals surface area contributed by atoms with Crippen LogP contribution in [0.1, 0.15) is 39.5 Å². The Morgan fingerprint density at radius 1 is 1.44 bits per heavy atom. The van der Waals surface area contributed by atoms with Crippen molar-refractivity contribution in [3.05, 3.63) is 0 Å². The molecule has 4 nitrogen and oxygen atoms in total. The molecule has 0 saturated carbocycles. The first-order valence-electron chi connectivity index (χ1n) is 6.98. The SMILES string of the molecule is COC(=O)[C@H]1CCCN(CC2CCC(C)(C)O2)C1. The van der Waals surface area contributed by atoms with Crippen molar-refractivity contribution in [2.24, 2.45) is 5.92 Å². The van der Waals surface area contributed by atoms with Crippen LogP contribution in [0.2, 0.25) is 0 Å². The number of esters is 1. The van der Waals surface area contributed by atoms with Crippen molar-refractivity contribution in [2.45, 2.75) is 51.2 Å². The molecule has 2 saturated heterocycles. The molecule has 0 N–H and O–H groups in total. The van der Waals surface area contributed by atoms with Gasteiger partial charge < -0.3 is 9.47 Å². The fourth-order valence-electron chi connectivity index (χ4n) is 3.07. The number of ether oxygens (including phenoxy) is 2. The monoisotopic (exact) mass is 255 g/mol. The number of hydrogen-bond donors (Lipinski definition) is 0. The molecular formula is C14H25NO3. The molecule has 104 valence electrons. The molecule has 2 atom stereocenters. The molecule has 1 unspecified atom stereocenters. The molecular weight excluding hydrogens is 230 g/mol. The van der Waals surface area contributed by atoms with Crippen LogP contribution in [0.3, 0.4) is 0 Å². The fraction of sp³-hybridized carbons (Fsp3) is 0.929. The minimum absolute atomic E-state index is 0.0300. The number of nitrogens with zero attached hydrogens (tertiary/aromatic N) is 1. The van der Waals surface area contributed by atoms with Gasteiger partial charge in [0.25, 0.3) is 0 Å². The second-order valence-electron chi connectivity index (χ2n) is 6.16. The molecule has 0 aromatic rings. The molecule has 0 aromatic carbocycles. The lowest BCUT2D eigenvalue weighted by atomic mass is 9.97. The van der Waals surface area contributed by atoms with Gasteiger partial charge in [0.15, 0.2) is 0 Å². The maximum atomic E-state index is 11.6. The van der Waals surface area contributed by atoms with Gasteiger partial charge in [-0.3, -0.25) is 9.69 Å². The van der Waals surface area contributed by atoms with Gasteiger partial charge in [0.1, 0.15) is 0 Å². The number of carbonyl (C=O) groups is 1. The number of hydrogen-bond acceptors (Lipinski definition) is 4. The van der Waals surface area contributed by atoms with E-state index in [9.17, 15) is 4.79 Å². The minimum Gasteiger partial charge on any atom is -0.469 e. The molecule has 2 heterocycles. The summed E-state index contributed by atoms with van der Waals surface area (Å²) in [5, 5.41) is 0. The molecule has 0 bridgehead atoms. The summed E-state index contributed by atoms with van der Waals surface area (Å²) in [6.45, 7) is 7.17. The molecule has 2 aliphatic heterocycles. The highest BCUT2D eigenvalue weighted by atomic mass is 16.5. The highest BCUT2D eigenvalue weighted by Crippen LogP contribution is 2.30. The number of piperidine rings is 1. The molecule has 4 heteroatoms. The van der Waals surface area contributed by atoms with E-state index in [0.717, 1.165) is 45.3 Å². The second kappa shape index (κ2) is 5.57. The maximum Gasteiger partial charge on any atom is 0.309 e. The van der Waals surface area contributed by atoms with E-state index >= 15 is 0 Å². The van der Waals surface area contributed by atoms with E-state index < -0.39 is 0 Å². The number of likely N-dealkylation sites (tertiary alicyclic amines) is 1. The van der Waals surface area contributed by atoms with Gasteiger partial charge in [0.2, 0.25) is 0 Å². The third-order valence-electron chi connectivity index (χ3n) is 4.06. The van der Waals surface area contributed by atoms with Crippen molar-refractivity contribution in [1.82, 2.24) is 4.90 Å². The van der Waals surface area contributed by atoms with Crippen molar-refractivity contribution in [1.29, 1.82) is 0 Å². The lowest BCUT2D eigenvalue weighted by Gasteiger charge is -2.33. The Morgan fingerprint density at radius 3 is 2.83 bits per heavy atom. The normalized spacial score (nSPS) is 32.4. The zero-order valence-corrected chi connectivity index (χ0v) is 11.8. The topological polar surface area (TPSA) is 38.8 Å². The lowest BCUT2D eigenvalue weighted by molar-refractivity contribution is -0.147. The summed E-state index contributed by atoms with van der Waals surface area (Å²) in [6, 6.07) is 0. The third-order valence-corrected chi connectivity index (χ3v) is 4.06. The molecule has 0 radical (unpaired) electrons. The van der Waals surface area contributed by atoms with E-state index in [2.05, 4.69) is 18.7 Å². The first-order chi connectivity index (χ1) is 8.50. The summed E-state index contributed by atoms with van der Waals surface area (Å²) in [5.41, 5.74) is 0.0300. The lowest BCUT2D eigenvalue weighted by Crippen LogP contribution is -2.43. The van der Waals surface area contributed by atoms with E-state index in [1.54, 1.807) is 0 Å². The first-order valence-corrected chi connectivity index (χ1v) is 6.98. The van der Waals surface area contributed by atoms with Gasteiger partial charge in [-0.2, -0.15) is 0 Å². The summed E-state index contributed by atoms with van der Waals surface area (Å²) in [6.07, 6.45) is 4.63. The van der Waals surface area contributed by atoms with Crippen LogP contribution in [-0.4, -0.2) is 49.3 Å². The van der Waals surface area contributed by atoms with Crippen molar-refractivity contribution in [3.63, 3.8) is 0 Å². The molecule has 0 spiro atoms. The average molecular weight is 255 g/mol. The summed E-state index contributed by atoms with van der Waals surface area (Å²) in [5.74, 6) is -0.00877. The zero-order chi connectivity index (χ0) is 13.2. The van der Waals surface area contributed by atoms with Crippen molar-refractivity contribution in [3.8, 4) is 0 Å². The smallest absolute Gasteiger partial charge is 0.309 e. The number of rotatable bonds is 3. The quantitative estimate of drug-likeness (QED) is 0.721. The van der Waals surface area contributed by atoms with Crippen LogP contribution in [-0.2, 0) is 14.3 Å². The Labute approximate surface area is 110 Å². The van der Waals surface area contributed by atoms with Crippen molar-refractivity contribution in [2.75, 3.05) is 26.7 Å². The van der Waals surface area contributed by atoms with Crippen molar-refractivity contribution >= 4 is 5.97 Å². The van der Waals surface area contributed by atoms with Gasteiger partial charge >= 0.3 is 5.97 Å². The molecule has 0 amide bonds. The van der Waals surface area contributed by atoms with Gasteiger partial charge in [-0.05, 0) is 46.1 Å². The van der Waals surface area contributed by atoms with Crippen LogP contribution in [0.25, 0.3) is 0 Å². The van der Waals surface area contributed by atoms with E-state index in [1.807, 2.05) is 0 Å². The predicted octanol–water partition coefficient (Wildman–Crippen LogP) is 1.83. The Hall–Kier alpha value is -0.610. The first kappa shape index (κ1) is 13.8. The Morgan fingerprint density at radius 2 is 2.22 bits per heavy atom. The van der Waals surface area contributed by atoms with Crippen LogP contribution in [0.5, 0.6) is 0 Å². The maximum absolute atomic E-state index is 11.6. The van der Waals surface area contributed by atoms with Gasteiger partial charge in [-0.25, -0.2) is 0 Å². The standard InChI is InChI=1S/C14H25NO3/c1-14(2)7-6-12(18-14)10-15-8-4-5-11(9-15)13(16)17-3/h11-12H,4-10H2,1-3H3/t11-,12?/m0/s1. The summed E-state index contributed by atoms with van der Waals surface area (Å²) >= 11 is 0. The van der Waals surface area contributed by atoms with E-state index in [1.165, 1.54) is 7.11 Å². The largest absolute Gasteiger partial charge is 0.469 e. The molecule has 2 fully saturated rings. The van der Waals surface area contributed by atoms with Gasteiger partial charge in [-0.15, -0.1) is 0 Å². The van der Waals surface area contributed by atoms with E-state index in [4.69, 9.17) is 9.47 Å². The predicted molar refractivity (Wildman–Crippen MR) is 69.4 cm³/mol. The number of methoxy groups -OCH3 is 1. The zero-order valence-electron chi connectivity index (χ0n) is 11.8. The number of carbonyl (C=O) groups excluding carboxylic acids is 1. The molecule has 0 aliphatic carbocycles. The second-order valence-corrected chi connectivity index (χ2v) is 6.16. The van der Waals surface area contributed by atoms with E-state index in [0.29, 0.717) is 6.10 Å². The van der Waals surface area contributed by atoms with Gasteiger partial charge in [-0.1, -0.05) is 0 Å². The van der Waals surface area contributed by atoms with Crippen LogP contribution in [0.4, 0.5) is 0 Å². The van der Waals surface area contributed by atoms with Crippen LogP contribution >= 0.6 is 0 Å². The van der Waals surface area contributed by atoms with Gasteiger partial charge in [0.05, 0.1) is 24.7 Å². The molecule has 2 aliphatic rings. The van der Waals surface area contributed by atoms with Crippen molar-refractivity contribution < 1.29 is 14.3 Å². The summed E-state index contributed by atoms with van der Waals surface area (Å²) < 4.78 is 10.9. The highest BCUT2D eigenvalue weighted by Gasteiger charge is 2.34. The summed E-state index contributed by atoms with van der Waals surface area (Å²) in [7, 11) is 1.48. The highest BCUT2D eigenvalue weighted by molar-refractivity contribution is 5.72. The molecule has 2 rings (SSSR count). The Bertz CT molecular complexity index is 303. The molecule has 0 aromatic heterocycles. The van der Waals surface area contributed by atoms with Gasteiger partial charge in [0, 0.05) is 13.1 Å². The average Bonchev–Trinajstić information content (AvgIpc) is 2.68. The third kappa shape index (κ3) is 3.45. The van der Waals surface area contributed by atoms with Crippen LogP contribution < -0.4 is 0 Å².